The predicted molar refractivity (Wildman–Crippen MR) is 145 cm³/mol. The molecule has 1 saturated carbocycles. The molecule has 2 saturated heterocycles. The van der Waals surface area contributed by atoms with E-state index in [0.717, 1.165) is 19.6 Å². The summed E-state index contributed by atoms with van der Waals surface area (Å²) in [7, 11) is 0. The van der Waals surface area contributed by atoms with Crippen molar-refractivity contribution in [2.45, 2.75) is 44.8 Å². The van der Waals surface area contributed by atoms with E-state index < -0.39 is 11.2 Å². The van der Waals surface area contributed by atoms with Gasteiger partial charge in [0.15, 0.2) is 0 Å². The largest absolute Gasteiger partial charge is 0.354 e. The number of piperidine rings is 1. The van der Waals surface area contributed by atoms with Crippen LogP contribution in [0.5, 0.6) is 0 Å². The lowest BCUT2D eigenvalue weighted by Crippen LogP contribution is -2.60. The molecule has 1 aromatic carbocycles. The maximum absolute atomic E-state index is 12.8. The maximum atomic E-state index is 12.8. The van der Waals surface area contributed by atoms with Gasteiger partial charge in [0, 0.05) is 58.1 Å². The Kier molecular flexibility index (Phi) is 7.26. The lowest BCUT2D eigenvalue weighted by molar-refractivity contribution is -0.138. The predicted octanol–water partition coefficient (Wildman–Crippen LogP) is 0.815. The van der Waals surface area contributed by atoms with Crippen LogP contribution in [-0.2, 0) is 11.3 Å². The van der Waals surface area contributed by atoms with Crippen molar-refractivity contribution in [3.05, 3.63) is 52.6 Å². The highest BCUT2D eigenvalue weighted by molar-refractivity contribution is 5.89. The lowest BCUT2D eigenvalue weighted by Gasteiger charge is -2.39. The second kappa shape index (κ2) is 10.5. The number of amides is 3. The summed E-state index contributed by atoms with van der Waals surface area (Å²) < 4.78 is 1.45. The van der Waals surface area contributed by atoms with Gasteiger partial charge in [-0.05, 0) is 48.4 Å². The smallest absolute Gasteiger partial charge is 0.338 e. The molecule has 5 rings (SSSR count). The van der Waals surface area contributed by atoms with Crippen LogP contribution < -0.4 is 22.5 Å². The molecule has 0 bridgehead atoms. The van der Waals surface area contributed by atoms with Crippen LogP contribution in [0.25, 0.3) is 5.69 Å². The molecule has 3 aliphatic rings. The van der Waals surface area contributed by atoms with Gasteiger partial charge in [-0.2, -0.15) is 4.98 Å². The second-order valence-electron chi connectivity index (χ2n) is 10.8. The Morgan fingerprint density at radius 3 is 2.18 bits per heavy atom. The minimum atomic E-state index is -0.860. The lowest BCUT2D eigenvalue weighted by atomic mass is 9.92. The molecule has 11 nitrogen and oxygen atoms in total. The molecule has 3 heterocycles. The van der Waals surface area contributed by atoms with Gasteiger partial charge in [-0.3, -0.25) is 19.6 Å². The number of fused-ring (bicyclic) bond motifs is 1. The average molecular weight is 523 g/mol. The summed E-state index contributed by atoms with van der Waals surface area (Å²) >= 11 is 0. The summed E-state index contributed by atoms with van der Waals surface area (Å²) in [6.45, 7) is 8.43. The molecule has 1 aromatic heterocycles. The number of aromatic nitrogens is 2. The van der Waals surface area contributed by atoms with Gasteiger partial charge in [-0.15, -0.1) is 0 Å². The zero-order valence-electron chi connectivity index (χ0n) is 22.2. The van der Waals surface area contributed by atoms with Crippen LogP contribution in [0.3, 0.4) is 0 Å². The number of likely N-dealkylation sites (tertiary alicyclic amines) is 1. The van der Waals surface area contributed by atoms with Gasteiger partial charge in [-0.25, -0.2) is 9.59 Å². The first-order valence-electron chi connectivity index (χ1n) is 13.5. The van der Waals surface area contributed by atoms with Crippen LogP contribution in [-0.4, -0.2) is 87.0 Å². The Bertz CT molecular complexity index is 1220. The zero-order valence-corrected chi connectivity index (χ0v) is 22.2. The summed E-state index contributed by atoms with van der Waals surface area (Å²) in [4.78, 5) is 48.1. The molecule has 1 aliphatic carbocycles. The third-order valence-electron chi connectivity index (χ3n) is 8.54. The van der Waals surface area contributed by atoms with Crippen molar-refractivity contribution in [2.75, 3.05) is 44.6 Å². The molecule has 0 spiro atoms. The van der Waals surface area contributed by atoms with E-state index in [1.807, 2.05) is 38.1 Å². The van der Waals surface area contributed by atoms with E-state index in [1.165, 1.54) is 10.1 Å². The first kappa shape index (κ1) is 26.3. The Hall–Kier alpha value is -3.28. The fraction of sp³-hybridized carbons (Fsp3) is 0.556. The molecule has 3 amide bonds. The normalized spacial score (nSPS) is 23.3. The standard InChI is InChI=1S/C27H38N8O3/c1-3-27(29,4-2)24(36)33-11-13-34(14-12-33)25(37)30-22-9-10-35(26(38)31-22)19-7-5-18(6-8-19)15-32-16-20-21(17-32)23(20)28/h5-10,20-21,23H,3-4,11-17,28-29H2,1-2H3,(H,30,31,37,38)/t20-,21+,23?. The van der Waals surface area contributed by atoms with E-state index in [2.05, 4.69) is 15.2 Å². The number of hydrogen-bond acceptors (Lipinski definition) is 7. The van der Waals surface area contributed by atoms with E-state index in [-0.39, 0.29) is 17.8 Å². The summed E-state index contributed by atoms with van der Waals surface area (Å²) in [5.74, 6) is 1.43. The minimum Gasteiger partial charge on any atom is -0.338 e. The van der Waals surface area contributed by atoms with Crippen molar-refractivity contribution in [3.8, 4) is 5.69 Å². The summed E-state index contributed by atoms with van der Waals surface area (Å²) in [5.41, 5.74) is 12.9. The van der Waals surface area contributed by atoms with Gasteiger partial charge in [0.25, 0.3) is 0 Å². The molecule has 204 valence electrons. The van der Waals surface area contributed by atoms with Gasteiger partial charge in [-0.1, -0.05) is 26.0 Å². The third-order valence-corrected chi connectivity index (χ3v) is 8.54. The summed E-state index contributed by atoms with van der Waals surface area (Å²) in [6.07, 6.45) is 2.75. The van der Waals surface area contributed by atoms with E-state index in [1.54, 1.807) is 22.1 Å². The number of piperazine rings is 1. The molecule has 2 aliphatic heterocycles. The van der Waals surface area contributed by atoms with Crippen LogP contribution in [0.15, 0.2) is 41.3 Å². The van der Waals surface area contributed by atoms with Gasteiger partial charge < -0.3 is 21.3 Å². The number of nitrogens with one attached hydrogen (secondary N) is 1. The molecule has 3 atom stereocenters. The van der Waals surface area contributed by atoms with Gasteiger partial charge in [0.2, 0.25) is 5.91 Å². The summed E-state index contributed by atoms with van der Waals surface area (Å²) in [6, 6.07) is 9.53. The Balaban J connectivity index is 1.14. The second-order valence-corrected chi connectivity index (χ2v) is 10.8. The highest BCUT2D eigenvalue weighted by Crippen LogP contribution is 2.44. The average Bonchev–Trinajstić information content (AvgIpc) is 3.31. The molecule has 11 heteroatoms. The van der Waals surface area contributed by atoms with Crippen LogP contribution >= 0.6 is 0 Å². The Morgan fingerprint density at radius 1 is 1.00 bits per heavy atom. The highest BCUT2D eigenvalue weighted by atomic mass is 16.2. The van der Waals surface area contributed by atoms with Crippen molar-refractivity contribution in [1.82, 2.24) is 24.3 Å². The number of anilines is 1. The van der Waals surface area contributed by atoms with Crippen molar-refractivity contribution in [3.63, 3.8) is 0 Å². The van der Waals surface area contributed by atoms with E-state index in [4.69, 9.17) is 11.5 Å². The SMILES string of the molecule is CCC(N)(CC)C(=O)N1CCN(C(=O)Nc2ccn(-c3ccc(CN4C[C@@H]5C(N)[C@@H]5C4)cc3)c(=O)n2)CC1. The number of hydrogen-bond donors (Lipinski definition) is 3. The molecular formula is C27H38N8O3. The van der Waals surface area contributed by atoms with Crippen molar-refractivity contribution in [2.24, 2.45) is 23.3 Å². The molecular weight excluding hydrogens is 484 g/mol. The minimum absolute atomic E-state index is 0.0712. The Morgan fingerprint density at radius 2 is 1.61 bits per heavy atom. The fourth-order valence-corrected chi connectivity index (χ4v) is 5.65. The number of urea groups is 1. The van der Waals surface area contributed by atoms with Crippen molar-refractivity contribution in [1.29, 1.82) is 0 Å². The van der Waals surface area contributed by atoms with Gasteiger partial charge in [0.1, 0.15) is 5.82 Å². The topological polar surface area (TPSA) is 143 Å². The first-order chi connectivity index (χ1) is 18.2. The quantitative estimate of drug-likeness (QED) is 0.488. The molecule has 0 radical (unpaired) electrons. The van der Waals surface area contributed by atoms with Crippen LogP contribution in [0, 0.1) is 11.8 Å². The molecule has 5 N–H and O–H groups in total. The van der Waals surface area contributed by atoms with Crippen LogP contribution in [0.1, 0.15) is 32.3 Å². The molecule has 38 heavy (non-hydrogen) atoms. The number of rotatable bonds is 7. The molecule has 3 fully saturated rings. The van der Waals surface area contributed by atoms with Crippen LogP contribution in [0.4, 0.5) is 10.6 Å². The Labute approximate surface area is 222 Å². The van der Waals surface area contributed by atoms with Crippen molar-refractivity contribution < 1.29 is 9.59 Å². The number of carbonyl (C=O) groups is 2. The van der Waals surface area contributed by atoms with E-state index in [0.29, 0.717) is 62.6 Å². The zero-order chi connectivity index (χ0) is 27.0. The number of benzene rings is 1. The highest BCUT2D eigenvalue weighted by Gasteiger charge is 2.53. The molecule has 2 aromatic rings. The van der Waals surface area contributed by atoms with Crippen LogP contribution in [0.2, 0.25) is 0 Å². The number of nitrogens with zero attached hydrogens (tertiary/aromatic N) is 5. The number of carbonyl (C=O) groups excluding carboxylic acids is 2. The van der Waals surface area contributed by atoms with E-state index >= 15 is 0 Å². The molecule has 1 unspecified atom stereocenters. The van der Waals surface area contributed by atoms with E-state index in [9.17, 15) is 14.4 Å². The third kappa shape index (κ3) is 5.18. The van der Waals surface area contributed by atoms with Crippen molar-refractivity contribution >= 4 is 17.8 Å². The fourth-order valence-electron chi connectivity index (χ4n) is 5.65. The van der Waals surface area contributed by atoms with Gasteiger partial charge in [0.05, 0.1) is 11.2 Å². The summed E-state index contributed by atoms with van der Waals surface area (Å²) in [5, 5.41) is 2.71. The monoisotopic (exact) mass is 522 g/mol. The van der Waals surface area contributed by atoms with Gasteiger partial charge >= 0.3 is 11.7 Å². The maximum Gasteiger partial charge on any atom is 0.354 e. The first-order valence-corrected chi connectivity index (χ1v) is 13.5. The number of nitrogens with two attached hydrogens (primary N) is 2.